The van der Waals surface area contributed by atoms with Gasteiger partial charge in [-0.15, -0.1) is 11.8 Å². The first-order chi connectivity index (χ1) is 12.2. The van der Waals surface area contributed by atoms with Gasteiger partial charge >= 0.3 is 11.9 Å². The number of anilines is 1. The third kappa shape index (κ3) is 4.39. The Morgan fingerprint density at radius 2 is 1.85 bits per heavy atom. The topological polar surface area (TPSA) is 141 Å². The number of carbonyl (C=O) groups excluding carboxylic acids is 3. The number of carboxylic acid groups (broad SMARTS) is 2. The summed E-state index contributed by atoms with van der Waals surface area (Å²) in [5.41, 5.74) is 0.281. The smallest absolute Gasteiger partial charge is 0.335 e. The van der Waals surface area contributed by atoms with E-state index < -0.39 is 41.0 Å². The van der Waals surface area contributed by atoms with Crippen LogP contribution in [0.5, 0.6) is 0 Å². The van der Waals surface area contributed by atoms with E-state index in [9.17, 15) is 24.0 Å². The Morgan fingerprint density at radius 3 is 2.35 bits per heavy atom. The molecule has 0 aliphatic carbocycles. The lowest BCUT2D eigenvalue weighted by Crippen LogP contribution is -2.42. The van der Waals surface area contributed by atoms with Crippen LogP contribution in [0.4, 0.5) is 5.69 Å². The summed E-state index contributed by atoms with van der Waals surface area (Å²) < 4.78 is 0. The van der Waals surface area contributed by atoms with Crippen molar-refractivity contribution >= 4 is 47.1 Å². The zero-order chi connectivity index (χ0) is 19.4. The summed E-state index contributed by atoms with van der Waals surface area (Å²) in [7, 11) is 0. The molecule has 26 heavy (non-hydrogen) atoms. The molecular formula is C16H16N2O7S. The van der Waals surface area contributed by atoms with E-state index in [0.29, 0.717) is 0 Å². The number of thioether (sulfide) groups is 1. The van der Waals surface area contributed by atoms with Gasteiger partial charge in [-0.3, -0.25) is 14.4 Å². The Balaban J connectivity index is 2.07. The summed E-state index contributed by atoms with van der Waals surface area (Å²) >= 11 is 0.979. The molecule has 0 bridgehead atoms. The van der Waals surface area contributed by atoms with Crippen molar-refractivity contribution in [3.8, 4) is 0 Å². The van der Waals surface area contributed by atoms with Gasteiger partial charge < -0.3 is 15.5 Å². The van der Waals surface area contributed by atoms with Crippen LogP contribution in [0.15, 0.2) is 24.3 Å². The molecular weight excluding hydrogens is 364 g/mol. The Labute approximate surface area is 152 Å². The number of amides is 3. The number of aliphatic carboxylic acids is 1. The fourth-order valence-electron chi connectivity index (χ4n) is 2.39. The van der Waals surface area contributed by atoms with Gasteiger partial charge in [-0.2, -0.15) is 0 Å². The van der Waals surface area contributed by atoms with Gasteiger partial charge in [0.2, 0.25) is 17.7 Å². The number of hydrogen-bond donors (Lipinski definition) is 3. The third-order valence-corrected chi connectivity index (χ3v) is 4.91. The molecule has 0 aromatic heterocycles. The highest BCUT2D eigenvalue weighted by Crippen LogP contribution is 2.30. The standard InChI is InChI=1S/C16H16N2O7S/c1-8(19)17-11(16(24)25)7-26-12-6-13(20)18(14(12)21)10-4-2-9(3-5-10)15(22)23/h2-5,11-12H,6-7H2,1H3,(H,17,19)(H,22,23)(H,24,25)/t11-,12-/m1/s1. The van der Waals surface area contributed by atoms with E-state index in [-0.39, 0.29) is 23.4 Å². The average Bonchev–Trinajstić information content (AvgIpc) is 2.85. The van der Waals surface area contributed by atoms with E-state index in [2.05, 4.69) is 5.32 Å². The normalized spacial score (nSPS) is 17.9. The Hall–Kier alpha value is -2.88. The number of benzene rings is 1. The van der Waals surface area contributed by atoms with Crippen LogP contribution in [0.3, 0.4) is 0 Å². The molecule has 3 amide bonds. The van der Waals surface area contributed by atoms with Crippen molar-refractivity contribution in [1.82, 2.24) is 5.32 Å². The van der Waals surface area contributed by atoms with Gasteiger partial charge in [0.1, 0.15) is 6.04 Å². The van der Waals surface area contributed by atoms with Crippen molar-refractivity contribution in [2.45, 2.75) is 24.6 Å². The maximum absolute atomic E-state index is 12.5. The van der Waals surface area contributed by atoms with Crippen LogP contribution in [0.1, 0.15) is 23.7 Å². The molecule has 3 N–H and O–H groups in total. The monoisotopic (exact) mass is 380 g/mol. The number of imide groups is 1. The molecule has 1 heterocycles. The number of aromatic carboxylic acids is 1. The number of carboxylic acids is 2. The number of nitrogens with one attached hydrogen (secondary N) is 1. The molecule has 0 spiro atoms. The van der Waals surface area contributed by atoms with Crippen LogP contribution in [0, 0.1) is 0 Å². The van der Waals surface area contributed by atoms with Crippen molar-refractivity contribution in [1.29, 1.82) is 0 Å². The van der Waals surface area contributed by atoms with Crippen molar-refractivity contribution < 1.29 is 34.2 Å². The quantitative estimate of drug-likeness (QED) is 0.575. The molecule has 1 fully saturated rings. The fraction of sp³-hybridized carbons (Fsp3) is 0.312. The summed E-state index contributed by atoms with van der Waals surface area (Å²) in [6, 6.07) is 4.14. The van der Waals surface area contributed by atoms with Gasteiger partial charge in [-0.1, -0.05) is 0 Å². The highest BCUT2D eigenvalue weighted by molar-refractivity contribution is 8.00. The van der Waals surface area contributed by atoms with Gasteiger partial charge in [-0.05, 0) is 24.3 Å². The minimum absolute atomic E-state index is 0.0263. The first kappa shape index (κ1) is 19.4. The van der Waals surface area contributed by atoms with E-state index in [0.717, 1.165) is 16.7 Å². The fourth-order valence-corrected chi connectivity index (χ4v) is 3.55. The van der Waals surface area contributed by atoms with Crippen molar-refractivity contribution in [3.05, 3.63) is 29.8 Å². The maximum Gasteiger partial charge on any atom is 0.335 e. The number of rotatable bonds is 7. The lowest BCUT2D eigenvalue weighted by molar-refractivity contribution is -0.140. The van der Waals surface area contributed by atoms with Gasteiger partial charge in [0, 0.05) is 19.1 Å². The zero-order valence-electron chi connectivity index (χ0n) is 13.7. The van der Waals surface area contributed by atoms with Crippen LogP contribution in [-0.2, 0) is 19.2 Å². The Bertz CT molecular complexity index is 762. The highest BCUT2D eigenvalue weighted by atomic mass is 32.2. The van der Waals surface area contributed by atoms with E-state index in [1.165, 1.54) is 31.2 Å². The molecule has 1 saturated heterocycles. The van der Waals surface area contributed by atoms with Gasteiger partial charge in [0.25, 0.3) is 0 Å². The molecule has 138 valence electrons. The second-order valence-electron chi connectivity index (χ2n) is 5.54. The summed E-state index contributed by atoms with van der Waals surface area (Å²) in [4.78, 5) is 58.6. The van der Waals surface area contributed by atoms with Crippen LogP contribution >= 0.6 is 11.8 Å². The van der Waals surface area contributed by atoms with Crippen molar-refractivity contribution in [2.75, 3.05) is 10.7 Å². The number of hydrogen-bond acceptors (Lipinski definition) is 6. The Kier molecular flexibility index (Phi) is 5.98. The predicted octanol–water partition coefficient (Wildman–Crippen LogP) is 0.339. The summed E-state index contributed by atoms with van der Waals surface area (Å²) in [6.45, 7) is 1.19. The SMILES string of the molecule is CC(=O)N[C@H](CS[C@@H]1CC(=O)N(c2ccc(C(=O)O)cc2)C1=O)C(=O)O. The number of nitrogens with zero attached hydrogens (tertiary/aromatic N) is 1. The summed E-state index contributed by atoms with van der Waals surface area (Å²) in [6.07, 6.45) is -0.101. The second-order valence-corrected chi connectivity index (χ2v) is 6.77. The first-order valence-electron chi connectivity index (χ1n) is 7.52. The molecule has 0 saturated carbocycles. The van der Waals surface area contributed by atoms with Crippen LogP contribution < -0.4 is 10.2 Å². The van der Waals surface area contributed by atoms with Crippen LogP contribution in [-0.4, -0.2) is 56.9 Å². The molecule has 0 unspecified atom stereocenters. The maximum atomic E-state index is 12.5. The number of carbonyl (C=O) groups is 5. The van der Waals surface area contributed by atoms with E-state index in [1.54, 1.807) is 0 Å². The van der Waals surface area contributed by atoms with Gasteiger partial charge in [0.05, 0.1) is 16.5 Å². The summed E-state index contributed by atoms with van der Waals surface area (Å²) in [5, 5.41) is 19.5. The predicted molar refractivity (Wildman–Crippen MR) is 92.0 cm³/mol. The van der Waals surface area contributed by atoms with Gasteiger partial charge in [0.15, 0.2) is 0 Å². The minimum Gasteiger partial charge on any atom is -0.480 e. The molecule has 1 aliphatic heterocycles. The molecule has 2 rings (SSSR count). The largest absolute Gasteiger partial charge is 0.480 e. The molecule has 2 atom stereocenters. The molecule has 1 aromatic carbocycles. The zero-order valence-corrected chi connectivity index (χ0v) is 14.5. The van der Waals surface area contributed by atoms with Crippen LogP contribution in [0.2, 0.25) is 0 Å². The van der Waals surface area contributed by atoms with E-state index in [1.807, 2.05) is 0 Å². The molecule has 10 heteroatoms. The third-order valence-electron chi connectivity index (χ3n) is 3.62. The lowest BCUT2D eigenvalue weighted by atomic mass is 10.2. The summed E-state index contributed by atoms with van der Waals surface area (Å²) in [5.74, 6) is -3.89. The minimum atomic E-state index is -1.23. The van der Waals surface area contributed by atoms with Crippen molar-refractivity contribution in [2.24, 2.45) is 0 Å². The average molecular weight is 380 g/mol. The highest BCUT2D eigenvalue weighted by Gasteiger charge is 2.40. The molecule has 1 aliphatic rings. The van der Waals surface area contributed by atoms with E-state index >= 15 is 0 Å². The van der Waals surface area contributed by atoms with Gasteiger partial charge in [-0.25, -0.2) is 14.5 Å². The molecule has 1 aromatic rings. The second kappa shape index (κ2) is 8.00. The lowest BCUT2D eigenvalue weighted by Gasteiger charge is -2.16. The van der Waals surface area contributed by atoms with Crippen LogP contribution in [0.25, 0.3) is 0 Å². The molecule has 0 radical (unpaired) electrons. The van der Waals surface area contributed by atoms with E-state index in [4.69, 9.17) is 10.2 Å². The van der Waals surface area contributed by atoms with Crippen molar-refractivity contribution in [3.63, 3.8) is 0 Å². The first-order valence-corrected chi connectivity index (χ1v) is 8.57. The Morgan fingerprint density at radius 1 is 1.23 bits per heavy atom. The molecule has 9 nitrogen and oxygen atoms in total.